The van der Waals surface area contributed by atoms with Crippen molar-refractivity contribution in [1.82, 2.24) is 0 Å². The van der Waals surface area contributed by atoms with Gasteiger partial charge in [-0.3, -0.25) is 0 Å². The van der Waals surface area contributed by atoms with E-state index in [2.05, 4.69) is 51.4 Å². The van der Waals surface area contributed by atoms with Crippen molar-refractivity contribution in [3.8, 4) is 23.7 Å². The van der Waals surface area contributed by atoms with E-state index in [1.807, 2.05) is 12.2 Å². The quantitative estimate of drug-likeness (QED) is 0.360. The highest BCUT2D eigenvalue weighted by Crippen LogP contribution is 2.46. The minimum atomic E-state index is 0.220. The molecule has 188 valence electrons. The molecular formula is C34H52. The molecule has 0 bridgehead atoms. The zero-order chi connectivity index (χ0) is 24.0. The van der Waals surface area contributed by atoms with Crippen molar-refractivity contribution in [3.63, 3.8) is 0 Å². The van der Waals surface area contributed by atoms with E-state index in [1.165, 1.54) is 103 Å². The smallest absolute Gasteiger partial charge is 0.0290 e. The monoisotopic (exact) mass is 460 g/mol. The molecule has 4 rings (SSSR count). The summed E-state index contributed by atoms with van der Waals surface area (Å²) in [6.45, 7) is 9.66. The van der Waals surface area contributed by atoms with Crippen LogP contribution < -0.4 is 0 Å². The largest absolute Gasteiger partial charge is 0.0920 e. The molecule has 4 fully saturated rings. The standard InChI is InChI=1S/C34H52/c1-27-9-13-29(14-10-27)31-17-23-33(3,24-18-31)21-7-5-6-8-22-34(4)25-19-32(20-26-34)30-15-11-28(2)12-16-30/h5-6,27-32H,9-20,23-26H2,1-4H3/b6-5+. The zero-order valence-electron chi connectivity index (χ0n) is 22.9. The van der Waals surface area contributed by atoms with Crippen LogP contribution in [0.4, 0.5) is 0 Å². The molecule has 0 N–H and O–H groups in total. The summed E-state index contributed by atoms with van der Waals surface area (Å²) in [6.07, 6.45) is 26.5. The Morgan fingerprint density at radius 3 is 1.09 bits per heavy atom. The van der Waals surface area contributed by atoms with Gasteiger partial charge >= 0.3 is 0 Å². The minimum Gasteiger partial charge on any atom is -0.0920 e. The van der Waals surface area contributed by atoms with E-state index in [4.69, 9.17) is 0 Å². The van der Waals surface area contributed by atoms with Gasteiger partial charge < -0.3 is 0 Å². The molecule has 0 radical (unpaired) electrons. The lowest BCUT2D eigenvalue weighted by molar-refractivity contribution is 0.134. The third-order valence-corrected chi connectivity index (χ3v) is 10.7. The molecule has 4 aliphatic carbocycles. The lowest BCUT2D eigenvalue weighted by Gasteiger charge is -2.39. The molecule has 0 heterocycles. The highest BCUT2D eigenvalue weighted by atomic mass is 14.4. The maximum Gasteiger partial charge on any atom is 0.0290 e. The third kappa shape index (κ3) is 7.19. The normalized spacial score (nSPS) is 43.4. The van der Waals surface area contributed by atoms with E-state index >= 15 is 0 Å². The summed E-state index contributed by atoms with van der Waals surface area (Å²) in [5, 5.41) is 0. The Bertz CT molecular complexity index is 706. The molecule has 0 nitrogen and oxygen atoms in total. The molecule has 4 saturated carbocycles. The fraction of sp³-hybridized carbons (Fsp3) is 0.824. The molecule has 34 heavy (non-hydrogen) atoms. The molecule has 0 unspecified atom stereocenters. The van der Waals surface area contributed by atoms with E-state index < -0.39 is 0 Å². The van der Waals surface area contributed by atoms with Crippen molar-refractivity contribution in [2.45, 2.75) is 130 Å². The van der Waals surface area contributed by atoms with Crippen LogP contribution in [0.3, 0.4) is 0 Å². The van der Waals surface area contributed by atoms with Gasteiger partial charge in [0.05, 0.1) is 0 Å². The molecule has 0 aromatic heterocycles. The summed E-state index contributed by atoms with van der Waals surface area (Å²) >= 11 is 0. The highest BCUT2D eigenvalue weighted by molar-refractivity contribution is 5.29. The molecule has 0 aliphatic heterocycles. The lowest BCUT2D eigenvalue weighted by Crippen LogP contribution is -2.29. The van der Waals surface area contributed by atoms with Gasteiger partial charge in [0.25, 0.3) is 0 Å². The zero-order valence-corrected chi connectivity index (χ0v) is 22.9. The average Bonchev–Trinajstić information content (AvgIpc) is 2.84. The summed E-state index contributed by atoms with van der Waals surface area (Å²) in [5.41, 5.74) is 0.439. The first-order valence-electron chi connectivity index (χ1n) is 15.0. The first-order valence-corrected chi connectivity index (χ1v) is 15.0. The van der Waals surface area contributed by atoms with Gasteiger partial charge in [-0.1, -0.05) is 63.2 Å². The van der Waals surface area contributed by atoms with Gasteiger partial charge in [-0.15, -0.1) is 0 Å². The molecular weight excluding hydrogens is 408 g/mol. The van der Waals surface area contributed by atoms with E-state index in [0.717, 1.165) is 35.5 Å². The van der Waals surface area contributed by atoms with Crippen LogP contribution >= 0.6 is 0 Å². The van der Waals surface area contributed by atoms with E-state index in [9.17, 15) is 0 Å². The number of hydrogen-bond donors (Lipinski definition) is 0. The molecule has 0 heteroatoms. The fourth-order valence-electron chi connectivity index (χ4n) is 7.78. The lowest BCUT2D eigenvalue weighted by atomic mass is 9.65. The van der Waals surface area contributed by atoms with Gasteiger partial charge in [0.15, 0.2) is 0 Å². The van der Waals surface area contributed by atoms with Crippen LogP contribution in [-0.4, -0.2) is 0 Å². The van der Waals surface area contributed by atoms with Gasteiger partial charge in [0, 0.05) is 10.8 Å². The summed E-state index contributed by atoms with van der Waals surface area (Å²) in [5.74, 6) is 19.9. The van der Waals surface area contributed by atoms with Crippen LogP contribution in [0.1, 0.15) is 130 Å². The number of allylic oxidation sites excluding steroid dienone is 2. The average molecular weight is 461 g/mol. The number of rotatable bonds is 2. The second-order valence-corrected chi connectivity index (χ2v) is 13.7. The second kappa shape index (κ2) is 11.7. The minimum absolute atomic E-state index is 0.220. The maximum absolute atomic E-state index is 3.62. The molecule has 0 saturated heterocycles. The van der Waals surface area contributed by atoms with Gasteiger partial charge in [-0.05, 0) is 139 Å². The fourth-order valence-corrected chi connectivity index (χ4v) is 7.78. The van der Waals surface area contributed by atoms with E-state index in [1.54, 1.807) is 0 Å². The van der Waals surface area contributed by atoms with Crippen molar-refractivity contribution < 1.29 is 0 Å². The Morgan fingerprint density at radius 1 is 0.471 bits per heavy atom. The summed E-state index contributed by atoms with van der Waals surface area (Å²) in [7, 11) is 0. The summed E-state index contributed by atoms with van der Waals surface area (Å²) < 4.78 is 0. The van der Waals surface area contributed by atoms with Crippen LogP contribution in [0, 0.1) is 70.0 Å². The van der Waals surface area contributed by atoms with Crippen LogP contribution in [0.25, 0.3) is 0 Å². The molecule has 0 aromatic rings. The maximum atomic E-state index is 3.62. The molecule has 0 atom stereocenters. The van der Waals surface area contributed by atoms with Crippen molar-refractivity contribution in [2.24, 2.45) is 46.3 Å². The Kier molecular flexibility index (Phi) is 8.95. The van der Waals surface area contributed by atoms with Crippen molar-refractivity contribution >= 4 is 0 Å². The highest BCUT2D eigenvalue weighted by Gasteiger charge is 2.35. The Morgan fingerprint density at radius 2 is 0.765 bits per heavy atom. The van der Waals surface area contributed by atoms with Crippen LogP contribution in [-0.2, 0) is 0 Å². The SMILES string of the molecule is CC1CCC(C2CCC(C)(C#C/C=C/C#CC3(C)CCC(C4CCC(C)CC4)CC3)CC2)CC1. The molecule has 4 aliphatic rings. The van der Waals surface area contributed by atoms with Gasteiger partial charge in [-0.25, -0.2) is 0 Å². The van der Waals surface area contributed by atoms with Gasteiger partial charge in [0.2, 0.25) is 0 Å². The first-order chi connectivity index (χ1) is 16.3. The third-order valence-electron chi connectivity index (χ3n) is 10.7. The topological polar surface area (TPSA) is 0 Å². The van der Waals surface area contributed by atoms with Crippen molar-refractivity contribution in [3.05, 3.63) is 12.2 Å². The van der Waals surface area contributed by atoms with E-state index in [-0.39, 0.29) is 10.8 Å². The Hall–Kier alpha value is -1.14. The van der Waals surface area contributed by atoms with E-state index in [0.29, 0.717) is 0 Å². The van der Waals surface area contributed by atoms with Crippen LogP contribution in [0.5, 0.6) is 0 Å². The van der Waals surface area contributed by atoms with Crippen molar-refractivity contribution in [2.75, 3.05) is 0 Å². The first kappa shape index (κ1) is 25.9. The molecule has 0 spiro atoms. The van der Waals surface area contributed by atoms with Crippen LogP contribution in [0.2, 0.25) is 0 Å². The second-order valence-electron chi connectivity index (χ2n) is 13.7. The number of hydrogen-bond acceptors (Lipinski definition) is 0. The van der Waals surface area contributed by atoms with Gasteiger partial charge in [0.1, 0.15) is 0 Å². The summed E-state index contributed by atoms with van der Waals surface area (Å²) in [4.78, 5) is 0. The van der Waals surface area contributed by atoms with Crippen molar-refractivity contribution in [1.29, 1.82) is 0 Å². The Labute approximate surface area is 212 Å². The Balaban J connectivity index is 1.19. The summed E-state index contributed by atoms with van der Waals surface area (Å²) in [6, 6.07) is 0. The molecule has 0 amide bonds. The predicted octanol–water partition coefficient (Wildman–Crippen LogP) is 9.59. The predicted molar refractivity (Wildman–Crippen MR) is 147 cm³/mol. The molecule has 0 aromatic carbocycles. The van der Waals surface area contributed by atoms with Gasteiger partial charge in [-0.2, -0.15) is 0 Å². The van der Waals surface area contributed by atoms with Crippen LogP contribution in [0.15, 0.2) is 12.2 Å².